The van der Waals surface area contributed by atoms with Crippen LogP contribution in [0, 0.1) is 29.1 Å². The van der Waals surface area contributed by atoms with E-state index in [0.717, 1.165) is 11.3 Å². The Morgan fingerprint density at radius 3 is 2.44 bits per heavy atom. The zero-order chi connectivity index (χ0) is 48.8. The molecule has 5 heterocycles. The number of amides is 1. The summed E-state index contributed by atoms with van der Waals surface area (Å²) in [4.78, 5) is 71.6. The molecule has 2 aromatic rings. The third-order valence-corrected chi connectivity index (χ3v) is 13.7. The van der Waals surface area contributed by atoms with Gasteiger partial charge in [0.25, 0.3) is 0 Å². The van der Waals surface area contributed by atoms with Gasteiger partial charge in [0.2, 0.25) is 0 Å². The first-order valence-electron chi connectivity index (χ1n) is 22.8. The maximum atomic E-state index is 14.4. The number of oxime groups is 1. The van der Waals surface area contributed by atoms with Gasteiger partial charge in [0.15, 0.2) is 18.0 Å². The second kappa shape index (κ2) is 21.8. The second-order valence-electron chi connectivity index (χ2n) is 18.9. The van der Waals surface area contributed by atoms with Gasteiger partial charge in [0.1, 0.15) is 19.3 Å². The number of rotatable bonds is 12. The van der Waals surface area contributed by atoms with Gasteiger partial charge in [-0.2, -0.15) is 10.1 Å². The predicted octanol–water partition coefficient (Wildman–Crippen LogP) is 5.66. The van der Waals surface area contributed by atoms with Gasteiger partial charge < -0.3 is 47.8 Å². The van der Waals surface area contributed by atoms with E-state index in [4.69, 9.17) is 38.4 Å². The van der Waals surface area contributed by atoms with E-state index in [9.17, 15) is 24.3 Å². The minimum atomic E-state index is -1.59. The molecule has 0 aromatic carbocycles. The molecule has 0 bridgehead atoms. The molecule has 19 heteroatoms. The molecule has 1 N–H and O–H groups in total. The topological polar surface area (TPSA) is 215 Å². The fraction of sp³-hybridized carbons (Fsp3) is 0.702. The van der Waals surface area contributed by atoms with Crippen molar-refractivity contribution in [1.29, 1.82) is 0 Å². The highest BCUT2D eigenvalue weighted by Gasteiger charge is 2.61. The van der Waals surface area contributed by atoms with Crippen LogP contribution in [0.4, 0.5) is 4.79 Å². The van der Waals surface area contributed by atoms with Crippen molar-refractivity contribution >= 4 is 35.9 Å². The quantitative estimate of drug-likeness (QED) is 0.118. The van der Waals surface area contributed by atoms with Gasteiger partial charge >= 0.3 is 24.0 Å². The monoisotopic (exact) mass is 926 g/mol. The zero-order valence-corrected chi connectivity index (χ0v) is 40.9. The van der Waals surface area contributed by atoms with Gasteiger partial charge in [0, 0.05) is 61.6 Å². The van der Waals surface area contributed by atoms with E-state index >= 15 is 0 Å². The molecular weight excluding hydrogens is 855 g/mol. The van der Waals surface area contributed by atoms with Crippen molar-refractivity contribution in [3.63, 3.8) is 0 Å². The van der Waals surface area contributed by atoms with Crippen LogP contribution in [0.1, 0.15) is 101 Å². The summed E-state index contributed by atoms with van der Waals surface area (Å²) >= 11 is 0. The number of carbonyl (C=O) groups is 4. The predicted molar refractivity (Wildman–Crippen MR) is 243 cm³/mol. The molecule has 66 heavy (non-hydrogen) atoms. The van der Waals surface area contributed by atoms with Crippen LogP contribution in [0.15, 0.2) is 47.3 Å². The van der Waals surface area contributed by atoms with Gasteiger partial charge in [0.05, 0.1) is 60.5 Å². The molecular formula is C47H71N7O12. The van der Waals surface area contributed by atoms with Crippen LogP contribution in [0.25, 0.3) is 11.3 Å². The van der Waals surface area contributed by atoms with Crippen LogP contribution in [0.2, 0.25) is 0 Å². The number of aromatic nitrogens is 3. The summed E-state index contributed by atoms with van der Waals surface area (Å²) in [5.74, 6) is -5.44. The fourth-order valence-electron chi connectivity index (χ4n) is 10.1. The highest BCUT2D eigenvalue weighted by Crippen LogP contribution is 2.46. The lowest BCUT2D eigenvalue weighted by atomic mass is 9.67. The molecule has 3 aliphatic heterocycles. The molecule has 15 atom stereocenters. The third-order valence-electron chi connectivity index (χ3n) is 13.7. The standard InChI is InChI=1S/C47H71N7O12/c1-15-36-47(10)40(54(45(59)66-47)50-20-18-27(3)53-24-34(49-25-53)33-17-16-19-48-23-33)29(5)37(51-61-14)26(2)22-46(9,44(58)60-13)41(30(6)38(56)31(7)42(57)64-36)65-43-39(63-32(8)55)35(52(11)12)21-28(4)62-43/h16-17,19-20,23-31,35-36,38-41,43,56H,15,18,21-22H2,1-14H3/b50-20+,51-37+/t26-,27-,28+,29-,30+,31-,35-,36+,38-,39+,40-,41+,43-,46+,47-/m1/s1. The molecule has 2 aromatic heterocycles. The van der Waals surface area contributed by atoms with Crippen molar-refractivity contribution in [2.45, 2.75) is 155 Å². The van der Waals surface area contributed by atoms with Crippen LogP contribution in [0.5, 0.6) is 0 Å². The Balaban J connectivity index is 1.59. The Morgan fingerprint density at radius 2 is 1.83 bits per heavy atom. The number of aliphatic hydroxyl groups excluding tert-OH is 1. The summed E-state index contributed by atoms with van der Waals surface area (Å²) in [5.41, 5.74) is -1.02. The molecule has 1 amide bonds. The number of fused-ring (bicyclic) bond motifs is 1. The van der Waals surface area contributed by atoms with E-state index in [1.54, 1.807) is 45.7 Å². The normalized spacial score (nSPS) is 35.8. The highest BCUT2D eigenvalue weighted by atomic mass is 16.7. The minimum Gasteiger partial charge on any atom is -0.469 e. The van der Waals surface area contributed by atoms with E-state index < -0.39 is 95.4 Å². The number of methoxy groups -OCH3 is 1. The summed E-state index contributed by atoms with van der Waals surface area (Å²) < 4.78 is 39.1. The van der Waals surface area contributed by atoms with Crippen molar-refractivity contribution in [1.82, 2.24) is 24.4 Å². The number of aliphatic hydroxyl groups is 1. The largest absolute Gasteiger partial charge is 0.469 e. The molecule has 3 saturated heterocycles. The van der Waals surface area contributed by atoms with E-state index in [0.29, 0.717) is 18.6 Å². The van der Waals surface area contributed by atoms with Crippen molar-refractivity contribution in [2.24, 2.45) is 39.3 Å². The molecule has 0 saturated carbocycles. The van der Waals surface area contributed by atoms with Crippen molar-refractivity contribution in [3.05, 3.63) is 37.1 Å². The maximum absolute atomic E-state index is 14.4. The summed E-state index contributed by atoms with van der Waals surface area (Å²) in [5, 5.41) is 22.7. The van der Waals surface area contributed by atoms with Gasteiger partial charge in [-0.15, -0.1) is 0 Å². The molecule has 0 aliphatic carbocycles. The van der Waals surface area contributed by atoms with Crippen LogP contribution >= 0.6 is 0 Å². The van der Waals surface area contributed by atoms with E-state index in [-0.39, 0.29) is 31.0 Å². The first-order valence-corrected chi connectivity index (χ1v) is 22.8. The Hall–Kier alpha value is -4.98. The lowest BCUT2D eigenvalue weighted by molar-refractivity contribution is -0.294. The lowest BCUT2D eigenvalue weighted by Gasteiger charge is -2.48. The van der Waals surface area contributed by atoms with Gasteiger partial charge in [-0.05, 0) is 86.0 Å². The lowest BCUT2D eigenvalue weighted by Crippen LogP contribution is -2.60. The summed E-state index contributed by atoms with van der Waals surface area (Å²) in [6.07, 6.45) is 2.93. The van der Waals surface area contributed by atoms with Gasteiger partial charge in [-0.25, -0.2) is 9.78 Å². The number of hydrogen-bond donors (Lipinski definition) is 1. The average Bonchev–Trinajstić information content (AvgIpc) is 3.88. The molecule has 0 radical (unpaired) electrons. The first-order chi connectivity index (χ1) is 31.1. The van der Waals surface area contributed by atoms with Crippen LogP contribution in [-0.4, -0.2) is 148 Å². The Kier molecular flexibility index (Phi) is 17.1. The van der Waals surface area contributed by atoms with E-state index in [1.165, 1.54) is 33.1 Å². The Bertz CT molecular complexity index is 2050. The number of hydrazone groups is 1. The third kappa shape index (κ3) is 10.9. The van der Waals surface area contributed by atoms with Crippen molar-refractivity contribution < 1.29 is 57.5 Å². The summed E-state index contributed by atoms with van der Waals surface area (Å²) in [6.45, 7) is 17.3. The van der Waals surface area contributed by atoms with Gasteiger partial charge in [-0.3, -0.25) is 19.4 Å². The summed E-state index contributed by atoms with van der Waals surface area (Å²) in [7, 11) is 6.39. The molecule has 3 fully saturated rings. The number of carbonyl (C=O) groups excluding carboxylic acids is 4. The first kappa shape index (κ1) is 52.0. The zero-order valence-electron chi connectivity index (χ0n) is 40.9. The molecule has 366 valence electrons. The van der Waals surface area contributed by atoms with E-state index in [2.05, 4.69) is 15.1 Å². The highest BCUT2D eigenvalue weighted by molar-refractivity contribution is 5.91. The Morgan fingerprint density at radius 1 is 1.12 bits per heavy atom. The second-order valence-corrected chi connectivity index (χ2v) is 18.9. The van der Waals surface area contributed by atoms with Crippen molar-refractivity contribution in [2.75, 3.05) is 28.3 Å². The van der Waals surface area contributed by atoms with E-state index in [1.807, 2.05) is 76.5 Å². The number of hydrogen-bond acceptors (Lipinski definition) is 17. The number of nitrogens with zero attached hydrogens (tertiary/aromatic N) is 7. The number of cyclic esters (lactones) is 1. The maximum Gasteiger partial charge on any atom is 0.431 e. The number of likely N-dealkylation sites (N-methyl/N-ethyl adjacent to an activating group) is 1. The van der Waals surface area contributed by atoms with Crippen molar-refractivity contribution in [3.8, 4) is 11.3 Å². The molecule has 5 rings (SSSR count). The van der Waals surface area contributed by atoms with Gasteiger partial charge in [-0.1, -0.05) is 32.9 Å². The summed E-state index contributed by atoms with van der Waals surface area (Å²) in [6, 6.07) is 2.40. The molecule has 0 spiro atoms. The minimum absolute atomic E-state index is 0.00649. The van der Waals surface area contributed by atoms with Crippen LogP contribution in [-0.2, 0) is 47.6 Å². The SMILES string of the molecule is CC[C@@H]1OC(=O)[C@H](C)[C@H](O)[C@H](C)[C@H](O[C@H]2O[C@@H](C)C[C@@H](N(C)C)[C@@H]2OC(C)=O)[C@@](C)(C(=O)OC)C[C@@H](C)/C(=N\OC)[C@@H](C)[C@H]2N(/N=C/C[C@@H](C)n3cnc(-c4cccnc4)c3)C(=O)O[C@]12C. The number of esters is 3. The Labute approximate surface area is 388 Å². The number of pyridine rings is 1. The fourth-order valence-corrected chi connectivity index (χ4v) is 10.1. The molecule has 3 aliphatic rings. The van der Waals surface area contributed by atoms with Crippen LogP contribution < -0.4 is 0 Å². The number of imidazole rings is 1. The van der Waals surface area contributed by atoms with Crippen LogP contribution in [0.3, 0.4) is 0 Å². The smallest absolute Gasteiger partial charge is 0.431 e. The number of ether oxygens (including phenoxy) is 6. The molecule has 19 nitrogen and oxygen atoms in total. The average molecular weight is 926 g/mol. The molecule has 0 unspecified atom stereocenters.